The zero-order chi connectivity index (χ0) is 14.6. The molecule has 0 fully saturated rings. The molecule has 2 aromatic rings. The van der Waals surface area contributed by atoms with Gasteiger partial charge in [-0.2, -0.15) is 13.2 Å². The van der Waals surface area contributed by atoms with Crippen LogP contribution < -0.4 is 4.74 Å². The first-order chi connectivity index (χ1) is 9.50. The Morgan fingerprint density at radius 2 is 1.55 bits per heavy atom. The largest absolute Gasteiger partial charge is 0.482 e. The lowest BCUT2D eigenvalue weighted by Crippen LogP contribution is -2.06. The van der Waals surface area contributed by atoms with Gasteiger partial charge in [0.15, 0.2) is 0 Å². The van der Waals surface area contributed by atoms with Crippen molar-refractivity contribution in [3.05, 3.63) is 78.4 Å². The quantitative estimate of drug-likeness (QED) is 0.714. The molecule has 0 unspecified atom stereocenters. The van der Waals surface area contributed by atoms with Crippen LogP contribution in [0, 0.1) is 0 Å². The highest BCUT2D eigenvalue weighted by Gasteiger charge is 2.30. The van der Waals surface area contributed by atoms with Gasteiger partial charge in [-0.3, -0.25) is 0 Å². The van der Waals surface area contributed by atoms with Crippen molar-refractivity contribution in [3.8, 4) is 5.75 Å². The first kappa shape index (κ1) is 14.2. The Kier molecular flexibility index (Phi) is 4.13. The van der Waals surface area contributed by atoms with E-state index in [1.807, 2.05) is 30.3 Å². The summed E-state index contributed by atoms with van der Waals surface area (Å²) in [6, 6.07) is 14.0. The first-order valence-electron chi connectivity index (χ1n) is 6.02. The molecule has 0 saturated heterocycles. The second-order valence-electron chi connectivity index (χ2n) is 4.21. The molecule has 0 amide bonds. The van der Waals surface area contributed by atoms with E-state index in [1.165, 1.54) is 12.1 Å². The van der Waals surface area contributed by atoms with E-state index in [4.69, 9.17) is 4.74 Å². The van der Waals surface area contributed by atoms with Crippen LogP contribution in [0.1, 0.15) is 17.2 Å². The Bertz CT molecular complexity index is 559. The predicted octanol–water partition coefficient (Wildman–Crippen LogP) is 5.01. The molecule has 4 heteroatoms. The van der Waals surface area contributed by atoms with Gasteiger partial charge in [-0.1, -0.05) is 36.9 Å². The average molecular weight is 278 g/mol. The monoisotopic (exact) mass is 278 g/mol. The summed E-state index contributed by atoms with van der Waals surface area (Å²) in [6.45, 7) is 3.69. The second-order valence-corrected chi connectivity index (χ2v) is 4.21. The van der Waals surface area contributed by atoms with Gasteiger partial charge in [-0.15, -0.1) is 0 Å². The zero-order valence-corrected chi connectivity index (χ0v) is 10.6. The number of hydrogen-bond acceptors (Lipinski definition) is 1. The van der Waals surface area contributed by atoms with E-state index in [1.54, 1.807) is 6.08 Å². The SMILES string of the molecule is C=C[C@@H](Oc1ccc(C(F)(F)F)cc1)c1ccccc1. The van der Waals surface area contributed by atoms with Crippen LogP contribution in [0.3, 0.4) is 0 Å². The molecular weight excluding hydrogens is 265 g/mol. The van der Waals surface area contributed by atoms with Gasteiger partial charge in [0.25, 0.3) is 0 Å². The molecule has 2 aromatic carbocycles. The van der Waals surface area contributed by atoms with Crippen molar-refractivity contribution in [2.24, 2.45) is 0 Å². The summed E-state index contributed by atoms with van der Waals surface area (Å²) in [5, 5.41) is 0. The lowest BCUT2D eigenvalue weighted by molar-refractivity contribution is -0.137. The van der Waals surface area contributed by atoms with Crippen LogP contribution in [0.15, 0.2) is 67.3 Å². The fraction of sp³-hybridized carbons (Fsp3) is 0.125. The van der Waals surface area contributed by atoms with Crippen LogP contribution in [-0.4, -0.2) is 0 Å². The molecule has 0 bridgehead atoms. The number of halogens is 3. The van der Waals surface area contributed by atoms with E-state index >= 15 is 0 Å². The first-order valence-corrected chi connectivity index (χ1v) is 6.02. The van der Waals surface area contributed by atoms with Gasteiger partial charge in [0, 0.05) is 0 Å². The molecule has 0 radical (unpaired) electrons. The van der Waals surface area contributed by atoms with Crippen LogP contribution in [-0.2, 0) is 6.18 Å². The zero-order valence-electron chi connectivity index (χ0n) is 10.6. The Hall–Kier alpha value is -2.23. The molecule has 0 aromatic heterocycles. The smallest absolute Gasteiger partial charge is 0.416 e. The van der Waals surface area contributed by atoms with Crippen LogP contribution in [0.2, 0.25) is 0 Å². The second kappa shape index (κ2) is 5.82. The molecular formula is C16H13F3O. The van der Waals surface area contributed by atoms with Gasteiger partial charge in [-0.05, 0) is 35.9 Å². The summed E-state index contributed by atoms with van der Waals surface area (Å²) in [7, 11) is 0. The molecule has 20 heavy (non-hydrogen) atoms. The van der Waals surface area contributed by atoms with Gasteiger partial charge in [-0.25, -0.2) is 0 Å². The van der Waals surface area contributed by atoms with Crippen molar-refractivity contribution in [2.45, 2.75) is 12.3 Å². The van der Waals surface area contributed by atoms with Gasteiger partial charge in [0.05, 0.1) is 5.56 Å². The molecule has 0 spiro atoms. The molecule has 1 nitrogen and oxygen atoms in total. The standard InChI is InChI=1S/C16H13F3O/c1-2-15(12-6-4-3-5-7-12)20-14-10-8-13(9-11-14)16(17,18)19/h2-11,15H,1H2/t15-/m1/s1. The Balaban J connectivity index is 2.15. The minimum absolute atomic E-state index is 0.367. The predicted molar refractivity (Wildman–Crippen MR) is 71.5 cm³/mol. The Labute approximate surface area is 115 Å². The van der Waals surface area contributed by atoms with E-state index in [0.29, 0.717) is 5.75 Å². The van der Waals surface area contributed by atoms with Crippen molar-refractivity contribution in [2.75, 3.05) is 0 Å². The third kappa shape index (κ3) is 3.41. The number of rotatable bonds is 4. The van der Waals surface area contributed by atoms with Crippen LogP contribution >= 0.6 is 0 Å². The maximum absolute atomic E-state index is 12.5. The fourth-order valence-electron chi connectivity index (χ4n) is 1.76. The molecule has 0 saturated carbocycles. The molecule has 1 atom stereocenters. The molecule has 0 heterocycles. The fourth-order valence-corrected chi connectivity index (χ4v) is 1.76. The van der Waals surface area contributed by atoms with E-state index in [-0.39, 0.29) is 0 Å². The number of alkyl halides is 3. The summed E-state index contributed by atoms with van der Waals surface area (Å²) in [5.74, 6) is 0.367. The van der Waals surface area contributed by atoms with Crippen LogP contribution in [0.4, 0.5) is 13.2 Å². The average Bonchev–Trinajstić information content (AvgIpc) is 2.45. The van der Waals surface area contributed by atoms with Crippen molar-refractivity contribution in [3.63, 3.8) is 0 Å². The molecule has 0 N–H and O–H groups in total. The Morgan fingerprint density at radius 3 is 2.05 bits per heavy atom. The molecule has 2 rings (SSSR count). The molecule has 0 aliphatic heterocycles. The van der Waals surface area contributed by atoms with Gasteiger partial charge in [0.2, 0.25) is 0 Å². The topological polar surface area (TPSA) is 9.23 Å². The Morgan fingerprint density at radius 1 is 0.950 bits per heavy atom. The third-order valence-electron chi connectivity index (χ3n) is 2.79. The van der Waals surface area contributed by atoms with Crippen molar-refractivity contribution >= 4 is 0 Å². The maximum Gasteiger partial charge on any atom is 0.416 e. The summed E-state index contributed by atoms with van der Waals surface area (Å²) in [6.07, 6.45) is -3.13. The van der Waals surface area contributed by atoms with Gasteiger partial charge in [0.1, 0.15) is 11.9 Å². The van der Waals surface area contributed by atoms with Crippen LogP contribution in [0.5, 0.6) is 5.75 Å². The molecule has 0 aliphatic carbocycles. The molecule has 0 aliphatic rings. The summed E-state index contributed by atoms with van der Waals surface area (Å²) in [4.78, 5) is 0. The van der Waals surface area contributed by atoms with Crippen LogP contribution in [0.25, 0.3) is 0 Å². The summed E-state index contributed by atoms with van der Waals surface area (Å²) in [5.41, 5.74) is 0.196. The number of ether oxygens (including phenoxy) is 1. The van der Waals surface area contributed by atoms with E-state index < -0.39 is 17.8 Å². The van der Waals surface area contributed by atoms with Gasteiger partial charge < -0.3 is 4.74 Å². The van der Waals surface area contributed by atoms with Gasteiger partial charge >= 0.3 is 6.18 Å². The van der Waals surface area contributed by atoms with Crippen molar-refractivity contribution < 1.29 is 17.9 Å². The van der Waals surface area contributed by atoms with E-state index in [2.05, 4.69) is 6.58 Å². The van der Waals surface area contributed by atoms with E-state index in [9.17, 15) is 13.2 Å². The van der Waals surface area contributed by atoms with Crippen molar-refractivity contribution in [1.82, 2.24) is 0 Å². The lowest BCUT2D eigenvalue weighted by atomic mass is 10.1. The maximum atomic E-state index is 12.5. The highest BCUT2D eigenvalue weighted by molar-refractivity contribution is 5.31. The summed E-state index contributed by atoms with van der Waals surface area (Å²) >= 11 is 0. The highest BCUT2D eigenvalue weighted by atomic mass is 19.4. The number of hydrogen-bond donors (Lipinski definition) is 0. The molecule has 104 valence electrons. The number of benzene rings is 2. The lowest BCUT2D eigenvalue weighted by Gasteiger charge is -2.16. The summed E-state index contributed by atoms with van der Waals surface area (Å²) < 4.78 is 43.0. The van der Waals surface area contributed by atoms with Crippen molar-refractivity contribution in [1.29, 1.82) is 0 Å². The highest BCUT2D eigenvalue weighted by Crippen LogP contribution is 2.31. The van der Waals surface area contributed by atoms with E-state index in [0.717, 1.165) is 17.7 Å². The minimum Gasteiger partial charge on any atom is -0.482 e. The third-order valence-corrected chi connectivity index (χ3v) is 2.79. The normalized spacial score (nSPS) is 12.8. The minimum atomic E-state index is -4.34.